The lowest BCUT2D eigenvalue weighted by atomic mass is 9.92. The summed E-state index contributed by atoms with van der Waals surface area (Å²) in [6.45, 7) is 2.11. The van der Waals surface area contributed by atoms with Gasteiger partial charge in [-0.05, 0) is 70.1 Å². The van der Waals surface area contributed by atoms with Crippen molar-refractivity contribution >= 4 is 22.6 Å². The first-order valence-electron chi connectivity index (χ1n) is 12.2. The van der Waals surface area contributed by atoms with E-state index in [0.29, 0.717) is 22.8 Å². The Morgan fingerprint density at radius 2 is 1.66 bits per heavy atom. The van der Waals surface area contributed by atoms with Crippen LogP contribution in [0.15, 0.2) is 89.9 Å². The highest BCUT2D eigenvalue weighted by Crippen LogP contribution is 2.38. The summed E-state index contributed by atoms with van der Waals surface area (Å²) in [5, 5.41) is 20.4. The molecule has 0 spiro atoms. The minimum Gasteiger partial charge on any atom is -0.493 e. The summed E-state index contributed by atoms with van der Waals surface area (Å²) < 4.78 is 7.92. The van der Waals surface area contributed by atoms with E-state index in [0.717, 1.165) is 20.4 Å². The van der Waals surface area contributed by atoms with Crippen LogP contribution in [0.5, 0.6) is 11.6 Å². The molecule has 0 aliphatic carbocycles. The normalized spacial score (nSPS) is 12.8. The van der Waals surface area contributed by atoms with Gasteiger partial charge in [0.05, 0.1) is 18.5 Å². The third kappa shape index (κ3) is 5.25. The number of nitrogens with zero attached hydrogens (tertiary/aromatic N) is 2. The molecule has 2 atom stereocenters. The number of aliphatic hydroxyl groups excluding tert-OH is 1. The molecular formula is C29H27IN4O4. The summed E-state index contributed by atoms with van der Waals surface area (Å²) in [6, 6.07) is 24.3. The lowest BCUT2D eigenvalue weighted by Crippen LogP contribution is -2.27. The number of hydrogen-bond donors (Lipinski definition) is 4. The summed E-state index contributed by atoms with van der Waals surface area (Å²) in [5.41, 5.74) is 3.29. The Balaban J connectivity index is 1.58. The SMILES string of the molecule is C[C@@H](c1ccccc1)[C@@H](c1ncc(-c2ccc(I)cc2)[nH]1)n1c(O)c(-c2ccc(OCCO)cc2)[nH]c1=O. The van der Waals surface area contributed by atoms with Crippen LogP contribution in [0.25, 0.3) is 22.5 Å². The number of aromatic nitrogens is 4. The standard InChI is InChI=1S/C29H27IN4O4/c1-18(19-5-3-2-4-6-19)26(27-31-17-24(32-27)20-7-11-22(30)12-8-20)34-28(36)25(33-29(34)37)21-9-13-23(14-10-21)38-16-15-35/h2-14,17-18,26,35-36H,15-16H2,1H3,(H,31,32)(H,33,37)/t18-,26-/m0/s1. The molecule has 38 heavy (non-hydrogen) atoms. The van der Waals surface area contributed by atoms with Crippen LogP contribution in [-0.4, -0.2) is 42.9 Å². The number of aromatic amines is 2. The number of benzene rings is 3. The van der Waals surface area contributed by atoms with Gasteiger partial charge in [-0.2, -0.15) is 0 Å². The van der Waals surface area contributed by atoms with E-state index in [9.17, 15) is 9.90 Å². The molecule has 2 aromatic heterocycles. The van der Waals surface area contributed by atoms with Crippen molar-refractivity contribution in [1.82, 2.24) is 19.5 Å². The molecule has 9 heteroatoms. The van der Waals surface area contributed by atoms with Crippen molar-refractivity contribution in [3.05, 3.63) is 111 Å². The fourth-order valence-electron chi connectivity index (χ4n) is 4.57. The fourth-order valence-corrected chi connectivity index (χ4v) is 4.92. The summed E-state index contributed by atoms with van der Waals surface area (Å²) in [5.74, 6) is 0.761. The fraction of sp³-hybridized carbons (Fsp3) is 0.172. The minimum absolute atomic E-state index is 0.0855. The topological polar surface area (TPSA) is 116 Å². The molecular weight excluding hydrogens is 595 g/mol. The van der Waals surface area contributed by atoms with Crippen molar-refractivity contribution in [3.8, 4) is 34.1 Å². The Hall–Kier alpha value is -3.83. The number of H-pyrrole nitrogens is 2. The summed E-state index contributed by atoms with van der Waals surface area (Å²) in [6.07, 6.45) is 1.75. The lowest BCUT2D eigenvalue weighted by molar-refractivity contribution is 0.201. The molecule has 0 saturated carbocycles. The van der Waals surface area contributed by atoms with E-state index in [2.05, 4.69) is 37.5 Å². The second-order valence-electron chi connectivity index (χ2n) is 8.93. The summed E-state index contributed by atoms with van der Waals surface area (Å²) in [7, 11) is 0. The number of rotatable bonds is 9. The van der Waals surface area contributed by atoms with Crippen molar-refractivity contribution in [1.29, 1.82) is 0 Å². The van der Waals surface area contributed by atoms with Gasteiger partial charge in [0.25, 0.3) is 0 Å². The van der Waals surface area contributed by atoms with Gasteiger partial charge in [0, 0.05) is 15.1 Å². The third-order valence-corrected chi connectivity index (χ3v) is 7.23. The third-order valence-electron chi connectivity index (χ3n) is 6.51. The number of hydrogen-bond acceptors (Lipinski definition) is 5. The maximum absolute atomic E-state index is 13.4. The Morgan fingerprint density at radius 3 is 2.34 bits per heavy atom. The molecule has 0 radical (unpaired) electrons. The molecule has 5 aromatic rings. The van der Waals surface area contributed by atoms with E-state index in [1.807, 2.05) is 61.5 Å². The average Bonchev–Trinajstić information content (AvgIpc) is 3.54. The zero-order valence-corrected chi connectivity index (χ0v) is 22.8. The first-order chi connectivity index (χ1) is 18.5. The Bertz CT molecular complexity index is 1560. The number of imidazole rings is 2. The van der Waals surface area contributed by atoms with Crippen LogP contribution in [0.2, 0.25) is 0 Å². The van der Waals surface area contributed by atoms with Crippen LogP contribution in [0.3, 0.4) is 0 Å². The summed E-state index contributed by atoms with van der Waals surface area (Å²) in [4.78, 5) is 24.2. The average molecular weight is 622 g/mol. The maximum Gasteiger partial charge on any atom is 0.329 e. The van der Waals surface area contributed by atoms with Gasteiger partial charge in [-0.1, -0.05) is 49.4 Å². The Kier molecular flexibility index (Phi) is 7.66. The number of nitrogens with one attached hydrogen (secondary N) is 2. The molecule has 0 aliphatic rings. The van der Waals surface area contributed by atoms with Gasteiger partial charge in [-0.3, -0.25) is 4.57 Å². The molecule has 0 bridgehead atoms. The van der Waals surface area contributed by atoms with Crippen LogP contribution in [0, 0.1) is 3.57 Å². The smallest absolute Gasteiger partial charge is 0.329 e. The number of aliphatic hydroxyl groups is 1. The van der Waals surface area contributed by atoms with Crippen molar-refractivity contribution in [3.63, 3.8) is 0 Å². The molecule has 4 N–H and O–H groups in total. The van der Waals surface area contributed by atoms with Crippen LogP contribution in [0.1, 0.15) is 30.3 Å². The van der Waals surface area contributed by atoms with Crippen LogP contribution in [-0.2, 0) is 0 Å². The molecule has 0 unspecified atom stereocenters. The van der Waals surface area contributed by atoms with Crippen LogP contribution < -0.4 is 10.4 Å². The van der Waals surface area contributed by atoms with Crippen molar-refractivity contribution in [2.24, 2.45) is 0 Å². The molecule has 2 heterocycles. The van der Waals surface area contributed by atoms with Gasteiger partial charge in [0.15, 0.2) is 0 Å². The van der Waals surface area contributed by atoms with Gasteiger partial charge >= 0.3 is 5.69 Å². The van der Waals surface area contributed by atoms with E-state index in [1.165, 1.54) is 4.57 Å². The number of halogens is 1. The quantitative estimate of drug-likeness (QED) is 0.167. The molecule has 3 aromatic carbocycles. The molecule has 194 valence electrons. The molecule has 0 aliphatic heterocycles. The molecule has 0 saturated heterocycles. The second kappa shape index (κ2) is 11.3. The van der Waals surface area contributed by atoms with Crippen molar-refractivity contribution in [2.75, 3.05) is 13.2 Å². The highest BCUT2D eigenvalue weighted by molar-refractivity contribution is 14.1. The van der Waals surface area contributed by atoms with Gasteiger partial charge in [0.1, 0.15) is 29.9 Å². The molecule has 8 nitrogen and oxygen atoms in total. The number of aromatic hydroxyl groups is 1. The zero-order valence-electron chi connectivity index (χ0n) is 20.6. The van der Waals surface area contributed by atoms with Crippen LogP contribution in [0.4, 0.5) is 0 Å². The van der Waals surface area contributed by atoms with E-state index in [4.69, 9.17) is 9.84 Å². The Morgan fingerprint density at radius 1 is 0.974 bits per heavy atom. The predicted molar refractivity (Wildman–Crippen MR) is 154 cm³/mol. The Labute approximate surface area is 233 Å². The van der Waals surface area contributed by atoms with Gasteiger partial charge in [-0.25, -0.2) is 9.78 Å². The maximum atomic E-state index is 13.4. The van der Waals surface area contributed by atoms with Crippen LogP contribution >= 0.6 is 22.6 Å². The lowest BCUT2D eigenvalue weighted by Gasteiger charge is -2.24. The zero-order chi connectivity index (χ0) is 26.6. The second-order valence-corrected chi connectivity index (χ2v) is 10.2. The summed E-state index contributed by atoms with van der Waals surface area (Å²) >= 11 is 2.26. The highest BCUT2D eigenvalue weighted by atomic mass is 127. The van der Waals surface area contributed by atoms with E-state index < -0.39 is 11.7 Å². The largest absolute Gasteiger partial charge is 0.493 e. The van der Waals surface area contributed by atoms with Gasteiger partial charge in [0.2, 0.25) is 5.88 Å². The molecule has 0 amide bonds. The van der Waals surface area contributed by atoms with Crippen molar-refractivity contribution < 1.29 is 14.9 Å². The number of ether oxygens (including phenoxy) is 1. The van der Waals surface area contributed by atoms with E-state index >= 15 is 0 Å². The first-order valence-corrected chi connectivity index (χ1v) is 13.3. The predicted octanol–water partition coefficient (Wildman–Crippen LogP) is 5.31. The van der Waals surface area contributed by atoms with E-state index in [-0.39, 0.29) is 25.0 Å². The van der Waals surface area contributed by atoms with E-state index in [1.54, 1.807) is 30.5 Å². The molecule has 5 rings (SSSR count). The van der Waals surface area contributed by atoms with Crippen molar-refractivity contribution in [2.45, 2.75) is 18.9 Å². The minimum atomic E-state index is -0.611. The highest BCUT2D eigenvalue weighted by Gasteiger charge is 2.31. The monoisotopic (exact) mass is 622 g/mol. The first kappa shape index (κ1) is 25.8. The molecule has 0 fully saturated rings. The van der Waals surface area contributed by atoms with Gasteiger partial charge < -0.3 is 24.9 Å². The van der Waals surface area contributed by atoms with Gasteiger partial charge in [-0.15, -0.1) is 0 Å².